The summed E-state index contributed by atoms with van der Waals surface area (Å²) >= 11 is 5.89. The largest absolute Gasteiger partial charge is 0.335 e. The third-order valence-electron chi connectivity index (χ3n) is 2.88. The average molecular weight is 266 g/mol. The number of rotatable bonds is 5. The molecule has 6 heteroatoms. The van der Waals surface area contributed by atoms with Gasteiger partial charge >= 0.3 is 0 Å². The second-order valence-electron chi connectivity index (χ2n) is 3.96. The molecule has 2 heterocycles. The van der Waals surface area contributed by atoms with Crippen molar-refractivity contribution in [3.8, 4) is 0 Å². The van der Waals surface area contributed by atoms with Crippen LogP contribution in [0.15, 0.2) is 30.7 Å². The minimum Gasteiger partial charge on any atom is -0.335 e. The summed E-state index contributed by atoms with van der Waals surface area (Å²) in [4.78, 5) is 8.30. The van der Waals surface area contributed by atoms with Gasteiger partial charge in [0.25, 0.3) is 0 Å². The number of nitrogens with zero attached hydrogens (tertiary/aromatic N) is 3. The van der Waals surface area contributed by atoms with E-state index in [1.54, 1.807) is 12.4 Å². The lowest BCUT2D eigenvalue weighted by Gasteiger charge is -2.16. The Bertz CT molecular complexity index is 511. The van der Waals surface area contributed by atoms with E-state index in [-0.39, 0.29) is 6.04 Å². The van der Waals surface area contributed by atoms with Gasteiger partial charge in [-0.05, 0) is 24.6 Å². The van der Waals surface area contributed by atoms with Crippen molar-refractivity contribution in [3.05, 3.63) is 47.3 Å². The summed E-state index contributed by atoms with van der Waals surface area (Å²) in [6.07, 6.45) is 6.14. The molecule has 0 aromatic carbocycles. The highest BCUT2D eigenvalue weighted by atomic mass is 35.5. The molecule has 0 aliphatic rings. The highest BCUT2D eigenvalue weighted by Crippen LogP contribution is 2.19. The number of pyridine rings is 1. The summed E-state index contributed by atoms with van der Waals surface area (Å²) in [5.41, 5.74) is 3.80. The first-order valence-electron chi connectivity index (χ1n) is 5.82. The quantitative estimate of drug-likeness (QED) is 0.490. The molecule has 1 atom stereocenters. The minimum atomic E-state index is -0.0294. The van der Waals surface area contributed by atoms with Gasteiger partial charge in [0, 0.05) is 31.6 Å². The summed E-state index contributed by atoms with van der Waals surface area (Å²) in [6, 6.07) is 3.68. The van der Waals surface area contributed by atoms with Crippen molar-refractivity contribution in [1.29, 1.82) is 0 Å². The van der Waals surface area contributed by atoms with E-state index < -0.39 is 0 Å². The van der Waals surface area contributed by atoms with E-state index in [0.29, 0.717) is 11.6 Å². The van der Waals surface area contributed by atoms with E-state index in [0.717, 1.165) is 17.9 Å². The molecular weight excluding hydrogens is 250 g/mol. The third kappa shape index (κ3) is 2.87. The van der Waals surface area contributed by atoms with Crippen LogP contribution in [-0.4, -0.2) is 14.5 Å². The lowest BCUT2D eigenvalue weighted by atomic mass is 10.1. The number of aryl methyl sites for hydroxylation is 1. The fourth-order valence-corrected chi connectivity index (χ4v) is 2.09. The number of halogens is 1. The van der Waals surface area contributed by atoms with Crippen molar-refractivity contribution in [2.45, 2.75) is 25.9 Å². The van der Waals surface area contributed by atoms with Crippen LogP contribution in [0.25, 0.3) is 0 Å². The molecule has 2 rings (SSSR count). The molecule has 0 spiro atoms. The van der Waals surface area contributed by atoms with E-state index >= 15 is 0 Å². The lowest BCUT2D eigenvalue weighted by Crippen LogP contribution is -2.30. The van der Waals surface area contributed by atoms with Gasteiger partial charge in [0.1, 0.15) is 11.0 Å². The molecule has 0 aliphatic carbocycles. The van der Waals surface area contributed by atoms with Gasteiger partial charge in [-0.15, -0.1) is 0 Å². The number of hydrogen-bond donors (Lipinski definition) is 2. The Morgan fingerprint density at radius 1 is 1.44 bits per heavy atom. The first kappa shape index (κ1) is 13.0. The number of nitrogens with one attached hydrogen (secondary N) is 1. The van der Waals surface area contributed by atoms with Crippen LogP contribution < -0.4 is 11.3 Å². The molecular formula is C12H16ClN5. The Morgan fingerprint density at radius 2 is 2.28 bits per heavy atom. The Kier molecular flexibility index (Phi) is 4.30. The van der Waals surface area contributed by atoms with Crippen molar-refractivity contribution in [2.75, 3.05) is 0 Å². The van der Waals surface area contributed by atoms with E-state index in [1.165, 1.54) is 0 Å². The van der Waals surface area contributed by atoms with E-state index in [2.05, 4.69) is 26.9 Å². The molecule has 0 amide bonds. The van der Waals surface area contributed by atoms with Crippen molar-refractivity contribution >= 4 is 11.6 Å². The number of hydrogen-bond acceptors (Lipinski definition) is 4. The number of hydrazine groups is 1. The highest BCUT2D eigenvalue weighted by Gasteiger charge is 2.14. The minimum absolute atomic E-state index is 0.0294. The summed E-state index contributed by atoms with van der Waals surface area (Å²) in [6.45, 7) is 2.98. The zero-order valence-electron chi connectivity index (χ0n) is 10.2. The van der Waals surface area contributed by atoms with Crippen LogP contribution in [-0.2, 0) is 13.0 Å². The summed E-state index contributed by atoms with van der Waals surface area (Å²) in [5.74, 6) is 6.61. The SMILES string of the molecule is CCn1ccnc1CC(NN)c1ccnc(Cl)c1. The van der Waals surface area contributed by atoms with Gasteiger partial charge in [-0.2, -0.15) is 0 Å². The molecule has 18 heavy (non-hydrogen) atoms. The first-order valence-corrected chi connectivity index (χ1v) is 6.20. The molecule has 1 unspecified atom stereocenters. The van der Waals surface area contributed by atoms with Crippen LogP contribution in [0.3, 0.4) is 0 Å². The number of aromatic nitrogens is 3. The molecule has 2 aromatic rings. The van der Waals surface area contributed by atoms with Gasteiger partial charge in [-0.1, -0.05) is 11.6 Å². The molecule has 0 saturated heterocycles. The molecule has 2 aromatic heterocycles. The standard InChI is InChI=1S/C12H16ClN5/c1-2-18-6-5-16-12(18)8-10(17-14)9-3-4-15-11(13)7-9/h3-7,10,17H,2,8,14H2,1H3. The van der Waals surface area contributed by atoms with Crippen LogP contribution in [0.4, 0.5) is 0 Å². The van der Waals surface area contributed by atoms with Gasteiger partial charge in [0.2, 0.25) is 0 Å². The first-order chi connectivity index (χ1) is 8.74. The number of imidazole rings is 1. The van der Waals surface area contributed by atoms with Crippen molar-refractivity contribution in [1.82, 2.24) is 20.0 Å². The fourth-order valence-electron chi connectivity index (χ4n) is 1.91. The zero-order valence-corrected chi connectivity index (χ0v) is 10.9. The summed E-state index contributed by atoms with van der Waals surface area (Å²) in [5, 5.41) is 0.464. The molecule has 0 aliphatic heterocycles. The van der Waals surface area contributed by atoms with Crippen LogP contribution in [0, 0.1) is 0 Å². The van der Waals surface area contributed by atoms with Crippen LogP contribution >= 0.6 is 11.6 Å². The van der Waals surface area contributed by atoms with Crippen LogP contribution in [0.5, 0.6) is 0 Å². The topological polar surface area (TPSA) is 68.8 Å². The maximum atomic E-state index is 5.89. The lowest BCUT2D eigenvalue weighted by molar-refractivity contribution is 0.523. The van der Waals surface area contributed by atoms with E-state index in [1.807, 2.05) is 18.3 Å². The van der Waals surface area contributed by atoms with Crippen molar-refractivity contribution in [2.24, 2.45) is 5.84 Å². The maximum Gasteiger partial charge on any atom is 0.129 e. The van der Waals surface area contributed by atoms with Gasteiger partial charge in [0.05, 0.1) is 6.04 Å². The van der Waals surface area contributed by atoms with Crippen LogP contribution in [0.1, 0.15) is 24.4 Å². The summed E-state index contributed by atoms with van der Waals surface area (Å²) < 4.78 is 2.09. The Balaban J connectivity index is 2.20. The average Bonchev–Trinajstić information content (AvgIpc) is 2.83. The normalized spacial score (nSPS) is 12.6. The monoisotopic (exact) mass is 265 g/mol. The molecule has 0 bridgehead atoms. The Morgan fingerprint density at radius 3 is 2.94 bits per heavy atom. The van der Waals surface area contributed by atoms with Gasteiger partial charge in [-0.25, -0.2) is 9.97 Å². The second-order valence-corrected chi connectivity index (χ2v) is 4.35. The molecule has 3 N–H and O–H groups in total. The van der Waals surface area contributed by atoms with Crippen LogP contribution in [0.2, 0.25) is 5.15 Å². The Labute approximate surface area is 111 Å². The molecule has 0 saturated carbocycles. The predicted molar refractivity (Wildman–Crippen MR) is 70.9 cm³/mol. The molecule has 5 nitrogen and oxygen atoms in total. The third-order valence-corrected chi connectivity index (χ3v) is 3.09. The second kappa shape index (κ2) is 5.95. The van der Waals surface area contributed by atoms with Crippen molar-refractivity contribution < 1.29 is 0 Å². The smallest absolute Gasteiger partial charge is 0.129 e. The fraction of sp³-hybridized carbons (Fsp3) is 0.333. The predicted octanol–water partition coefficient (Wildman–Crippen LogP) is 1.70. The molecule has 0 radical (unpaired) electrons. The molecule has 96 valence electrons. The van der Waals surface area contributed by atoms with Crippen molar-refractivity contribution in [3.63, 3.8) is 0 Å². The van der Waals surface area contributed by atoms with Gasteiger partial charge in [0.15, 0.2) is 0 Å². The van der Waals surface area contributed by atoms with Gasteiger partial charge < -0.3 is 4.57 Å². The van der Waals surface area contributed by atoms with E-state index in [9.17, 15) is 0 Å². The summed E-state index contributed by atoms with van der Waals surface area (Å²) in [7, 11) is 0. The zero-order chi connectivity index (χ0) is 13.0. The Hall–Kier alpha value is -1.43. The highest BCUT2D eigenvalue weighted by molar-refractivity contribution is 6.29. The van der Waals surface area contributed by atoms with Gasteiger partial charge in [-0.3, -0.25) is 11.3 Å². The number of nitrogens with two attached hydrogens (primary N) is 1. The maximum absolute atomic E-state index is 5.89. The molecule has 0 fully saturated rings. The van der Waals surface area contributed by atoms with E-state index in [4.69, 9.17) is 17.4 Å².